The Kier molecular flexibility index (Phi) is 4.53. The third-order valence-electron chi connectivity index (χ3n) is 4.24. The van der Waals surface area contributed by atoms with E-state index in [0.717, 1.165) is 34.2 Å². The summed E-state index contributed by atoms with van der Waals surface area (Å²) in [6, 6.07) is 2.01. The van der Waals surface area contributed by atoms with Gasteiger partial charge in [-0.1, -0.05) is 13.3 Å². The smallest absolute Gasteiger partial charge is 0.272 e. The van der Waals surface area contributed by atoms with Gasteiger partial charge in [-0.25, -0.2) is 4.98 Å². The number of likely N-dealkylation sites (tertiary alicyclic amines) is 1. The van der Waals surface area contributed by atoms with Gasteiger partial charge >= 0.3 is 0 Å². The summed E-state index contributed by atoms with van der Waals surface area (Å²) in [4.78, 5) is 30.9. The molecule has 1 fully saturated rings. The molecule has 3 heterocycles. The summed E-state index contributed by atoms with van der Waals surface area (Å²) < 4.78 is 2.81. The first kappa shape index (κ1) is 16.2. The quantitative estimate of drug-likeness (QED) is 0.825. The number of aromatic nitrogens is 2. The van der Waals surface area contributed by atoms with E-state index in [1.165, 1.54) is 0 Å². The molecule has 1 saturated heterocycles. The number of carbonyl (C=O) groups excluding carboxylic acids is 2. The lowest BCUT2D eigenvalue weighted by Crippen LogP contribution is -2.39. The van der Waals surface area contributed by atoms with E-state index in [-0.39, 0.29) is 11.7 Å². The Balaban J connectivity index is 2.08. The van der Waals surface area contributed by atoms with E-state index in [1.807, 2.05) is 23.6 Å². The molecule has 1 aliphatic heterocycles. The third kappa shape index (κ3) is 3.04. The minimum Gasteiger partial charge on any atom is -0.336 e. The van der Waals surface area contributed by atoms with Gasteiger partial charge < -0.3 is 4.90 Å². The Morgan fingerprint density at radius 2 is 2.04 bits per heavy atom. The summed E-state index contributed by atoms with van der Waals surface area (Å²) >= 11 is 3.50. The molecule has 0 spiro atoms. The van der Waals surface area contributed by atoms with Crippen molar-refractivity contribution in [2.75, 3.05) is 13.1 Å². The number of nitrogens with zero attached hydrogens (tertiary/aromatic N) is 3. The molecule has 0 N–H and O–H groups in total. The first-order valence-electron chi connectivity index (χ1n) is 7.99. The SMILES string of the molecule is CCCc1nc2c(C)cc(Br)cn2c1C(=O)N1CCC(=O)CC1. The number of rotatable bonds is 3. The van der Waals surface area contributed by atoms with E-state index in [4.69, 9.17) is 4.98 Å². The van der Waals surface area contributed by atoms with E-state index in [9.17, 15) is 9.59 Å². The van der Waals surface area contributed by atoms with Crippen LogP contribution in [0.4, 0.5) is 0 Å². The first-order valence-corrected chi connectivity index (χ1v) is 8.78. The van der Waals surface area contributed by atoms with Gasteiger partial charge in [0.25, 0.3) is 5.91 Å². The van der Waals surface area contributed by atoms with Crippen LogP contribution in [0.2, 0.25) is 0 Å². The van der Waals surface area contributed by atoms with E-state index >= 15 is 0 Å². The molecular formula is C17H20BrN3O2. The average Bonchev–Trinajstić information content (AvgIpc) is 2.86. The summed E-state index contributed by atoms with van der Waals surface area (Å²) in [6.45, 7) is 5.09. The van der Waals surface area contributed by atoms with Gasteiger partial charge in [0.1, 0.15) is 17.1 Å². The predicted octanol–water partition coefficient (Wildman–Crippen LogP) is 3.16. The average molecular weight is 378 g/mol. The van der Waals surface area contributed by atoms with Gasteiger partial charge in [0.2, 0.25) is 0 Å². The number of piperidine rings is 1. The summed E-state index contributed by atoms with van der Waals surface area (Å²) in [7, 11) is 0. The topological polar surface area (TPSA) is 54.7 Å². The number of imidazole rings is 1. The van der Waals surface area contributed by atoms with Gasteiger partial charge in [0.05, 0.1) is 5.69 Å². The number of hydrogen-bond acceptors (Lipinski definition) is 3. The highest BCUT2D eigenvalue weighted by atomic mass is 79.9. The predicted molar refractivity (Wildman–Crippen MR) is 91.8 cm³/mol. The lowest BCUT2D eigenvalue weighted by atomic mass is 10.1. The second kappa shape index (κ2) is 6.43. The fourth-order valence-corrected chi connectivity index (χ4v) is 3.61. The molecule has 122 valence electrons. The van der Waals surface area contributed by atoms with Crippen LogP contribution in [0.1, 0.15) is 47.9 Å². The zero-order valence-electron chi connectivity index (χ0n) is 13.4. The number of carbonyl (C=O) groups is 2. The molecule has 0 atom stereocenters. The molecule has 3 rings (SSSR count). The highest BCUT2D eigenvalue weighted by molar-refractivity contribution is 9.10. The van der Waals surface area contributed by atoms with Crippen LogP contribution in [0.15, 0.2) is 16.7 Å². The molecule has 1 amide bonds. The highest BCUT2D eigenvalue weighted by Gasteiger charge is 2.27. The summed E-state index contributed by atoms with van der Waals surface area (Å²) in [6.07, 6.45) is 4.51. The van der Waals surface area contributed by atoms with Crippen molar-refractivity contribution in [2.24, 2.45) is 0 Å². The number of pyridine rings is 1. The number of Topliss-reactive ketones (excluding diaryl/α,β-unsaturated/α-hetero) is 1. The highest BCUT2D eigenvalue weighted by Crippen LogP contribution is 2.23. The minimum absolute atomic E-state index is 0.0223. The van der Waals surface area contributed by atoms with Crippen molar-refractivity contribution < 1.29 is 9.59 Å². The number of amides is 1. The van der Waals surface area contributed by atoms with Crippen LogP contribution in [0.25, 0.3) is 5.65 Å². The molecule has 0 saturated carbocycles. The Labute approximate surface area is 143 Å². The van der Waals surface area contributed by atoms with Crippen molar-refractivity contribution in [1.82, 2.24) is 14.3 Å². The molecule has 2 aromatic rings. The monoisotopic (exact) mass is 377 g/mol. The van der Waals surface area contributed by atoms with Crippen molar-refractivity contribution in [3.8, 4) is 0 Å². The van der Waals surface area contributed by atoms with Gasteiger partial charge in [-0.15, -0.1) is 0 Å². The van der Waals surface area contributed by atoms with Gasteiger partial charge in [-0.2, -0.15) is 0 Å². The number of hydrogen-bond donors (Lipinski definition) is 0. The zero-order valence-corrected chi connectivity index (χ0v) is 15.0. The van der Waals surface area contributed by atoms with Crippen molar-refractivity contribution in [1.29, 1.82) is 0 Å². The summed E-state index contributed by atoms with van der Waals surface area (Å²) in [5, 5.41) is 0. The molecule has 1 aliphatic rings. The molecule has 23 heavy (non-hydrogen) atoms. The summed E-state index contributed by atoms with van der Waals surface area (Å²) in [5.41, 5.74) is 3.34. The maximum absolute atomic E-state index is 13.0. The molecule has 0 unspecified atom stereocenters. The standard InChI is InChI=1S/C17H20BrN3O2/c1-3-4-14-15(17(23)20-7-5-13(22)6-8-20)21-10-12(18)9-11(2)16(21)19-14/h9-10H,3-8H2,1-2H3. The molecule has 0 aliphatic carbocycles. The van der Waals surface area contributed by atoms with Gasteiger partial charge in [0.15, 0.2) is 0 Å². The molecule has 2 aromatic heterocycles. The second-order valence-electron chi connectivity index (χ2n) is 6.02. The van der Waals surface area contributed by atoms with Crippen LogP contribution < -0.4 is 0 Å². The molecule has 0 bridgehead atoms. The first-order chi connectivity index (χ1) is 11.0. The van der Waals surface area contributed by atoms with Crippen molar-refractivity contribution in [3.05, 3.63) is 33.7 Å². The van der Waals surface area contributed by atoms with Crippen LogP contribution in [0.5, 0.6) is 0 Å². The van der Waals surface area contributed by atoms with Crippen molar-refractivity contribution in [3.63, 3.8) is 0 Å². The Morgan fingerprint density at radius 1 is 1.35 bits per heavy atom. The van der Waals surface area contributed by atoms with Gasteiger partial charge in [-0.05, 0) is 40.9 Å². The van der Waals surface area contributed by atoms with Crippen LogP contribution in [0, 0.1) is 6.92 Å². The lowest BCUT2D eigenvalue weighted by Gasteiger charge is -2.26. The number of fused-ring (bicyclic) bond motifs is 1. The Hall–Kier alpha value is -1.69. The van der Waals surface area contributed by atoms with Crippen LogP contribution in [0.3, 0.4) is 0 Å². The van der Waals surface area contributed by atoms with Crippen molar-refractivity contribution in [2.45, 2.75) is 39.5 Å². The van der Waals surface area contributed by atoms with Gasteiger partial charge in [0, 0.05) is 36.6 Å². The van der Waals surface area contributed by atoms with E-state index in [2.05, 4.69) is 22.9 Å². The normalized spacial score (nSPS) is 15.4. The maximum atomic E-state index is 13.0. The van der Waals surface area contributed by atoms with E-state index in [0.29, 0.717) is 31.6 Å². The van der Waals surface area contributed by atoms with Crippen LogP contribution in [-0.2, 0) is 11.2 Å². The lowest BCUT2D eigenvalue weighted by molar-refractivity contribution is -0.120. The Morgan fingerprint density at radius 3 is 2.70 bits per heavy atom. The summed E-state index contributed by atoms with van der Waals surface area (Å²) in [5.74, 6) is 0.213. The maximum Gasteiger partial charge on any atom is 0.272 e. The molecule has 0 aromatic carbocycles. The number of halogens is 1. The van der Waals surface area contributed by atoms with Crippen LogP contribution >= 0.6 is 15.9 Å². The fraction of sp³-hybridized carbons (Fsp3) is 0.471. The van der Waals surface area contributed by atoms with Gasteiger partial charge in [-0.3, -0.25) is 14.0 Å². The molecule has 6 heteroatoms. The molecular weight excluding hydrogens is 358 g/mol. The Bertz CT molecular complexity index is 772. The third-order valence-corrected chi connectivity index (χ3v) is 4.67. The number of ketones is 1. The molecule has 5 nitrogen and oxygen atoms in total. The van der Waals surface area contributed by atoms with Crippen molar-refractivity contribution >= 4 is 33.3 Å². The largest absolute Gasteiger partial charge is 0.336 e. The van der Waals surface area contributed by atoms with Crippen LogP contribution in [-0.4, -0.2) is 39.1 Å². The minimum atomic E-state index is -0.0223. The van der Waals surface area contributed by atoms with E-state index in [1.54, 1.807) is 4.90 Å². The molecule has 0 radical (unpaired) electrons. The van der Waals surface area contributed by atoms with E-state index < -0.39 is 0 Å². The second-order valence-corrected chi connectivity index (χ2v) is 6.94. The number of aryl methyl sites for hydroxylation is 2. The fourth-order valence-electron chi connectivity index (χ4n) is 3.06. The zero-order chi connectivity index (χ0) is 16.6.